The molecule has 0 aliphatic carbocycles. The Kier molecular flexibility index (Phi) is 5.51. The minimum atomic E-state index is -0.327. The van der Waals surface area contributed by atoms with Gasteiger partial charge in [-0.3, -0.25) is 9.69 Å². The van der Waals surface area contributed by atoms with Gasteiger partial charge in [-0.2, -0.15) is 0 Å². The second-order valence-corrected chi connectivity index (χ2v) is 6.97. The molecule has 2 aromatic carbocycles. The number of rotatable bonds is 5. The predicted octanol–water partition coefficient (Wildman–Crippen LogP) is 2.67. The molecule has 0 spiro atoms. The largest absolute Gasteiger partial charge is 0.392 e. The van der Waals surface area contributed by atoms with Crippen molar-refractivity contribution >= 4 is 5.91 Å². The van der Waals surface area contributed by atoms with Gasteiger partial charge in [-0.05, 0) is 49.1 Å². The third-order valence-corrected chi connectivity index (χ3v) is 5.00. The molecule has 1 saturated heterocycles. The van der Waals surface area contributed by atoms with Crippen LogP contribution in [0.4, 0.5) is 0 Å². The fourth-order valence-corrected chi connectivity index (χ4v) is 3.38. The maximum absolute atomic E-state index is 12.4. The minimum Gasteiger partial charge on any atom is -0.392 e. The fourth-order valence-electron chi connectivity index (χ4n) is 3.38. The molecule has 2 aromatic rings. The zero-order chi connectivity index (χ0) is 17.8. The van der Waals surface area contributed by atoms with Gasteiger partial charge >= 0.3 is 0 Å². The zero-order valence-electron chi connectivity index (χ0n) is 14.9. The first kappa shape index (κ1) is 17.6. The molecule has 1 heterocycles. The highest BCUT2D eigenvalue weighted by molar-refractivity contribution is 5.94. The van der Waals surface area contributed by atoms with Crippen molar-refractivity contribution in [2.75, 3.05) is 13.1 Å². The highest BCUT2D eigenvalue weighted by atomic mass is 16.3. The Hall–Kier alpha value is -2.17. The zero-order valence-corrected chi connectivity index (χ0v) is 14.9. The van der Waals surface area contributed by atoms with Crippen LogP contribution in [0.1, 0.15) is 33.5 Å². The first-order valence-electron chi connectivity index (χ1n) is 8.84. The standard InChI is InChI=1S/C21H26N2O2/c1-15-8-9-18(10-16(15)2)21(25)22-12-19-11-20(24)14-23(19)13-17-6-4-3-5-7-17/h3-10,19-20,24H,11-14H2,1-2H3,(H,22,25). The van der Waals surface area contributed by atoms with E-state index in [0.29, 0.717) is 25.1 Å². The van der Waals surface area contributed by atoms with Gasteiger partial charge in [0.05, 0.1) is 6.10 Å². The summed E-state index contributed by atoms with van der Waals surface area (Å²) in [4.78, 5) is 14.7. The van der Waals surface area contributed by atoms with E-state index in [0.717, 1.165) is 12.1 Å². The van der Waals surface area contributed by atoms with Crippen LogP contribution in [-0.2, 0) is 6.54 Å². The van der Waals surface area contributed by atoms with E-state index in [1.54, 1.807) is 0 Å². The number of aliphatic hydroxyl groups is 1. The lowest BCUT2D eigenvalue weighted by molar-refractivity contribution is 0.0939. The molecule has 4 nitrogen and oxygen atoms in total. The molecule has 4 heteroatoms. The van der Waals surface area contributed by atoms with E-state index in [9.17, 15) is 9.90 Å². The van der Waals surface area contributed by atoms with Crippen molar-refractivity contribution in [1.29, 1.82) is 0 Å². The summed E-state index contributed by atoms with van der Waals surface area (Å²) in [6, 6.07) is 16.2. The van der Waals surface area contributed by atoms with Crippen LogP contribution in [0.15, 0.2) is 48.5 Å². The normalized spacial score (nSPS) is 20.6. The third-order valence-electron chi connectivity index (χ3n) is 5.00. The van der Waals surface area contributed by atoms with E-state index in [4.69, 9.17) is 0 Å². The van der Waals surface area contributed by atoms with Gasteiger partial charge in [-0.15, -0.1) is 0 Å². The molecular weight excluding hydrogens is 312 g/mol. The summed E-state index contributed by atoms with van der Waals surface area (Å²) in [5, 5.41) is 13.1. The van der Waals surface area contributed by atoms with Crippen molar-refractivity contribution < 1.29 is 9.90 Å². The molecule has 2 N–H and O–H groups in total. The molecule has 3 rings (SSSR count). The second-order valence-electron chi connectivity index (χ2n) is 6.97. The lowest BCUT2D eigenvalue weighted by Crippen LogP contribution is -2.39. The Balaban J connectivity index is 1.60. The van der Waals surface area contributed by atoms with Gasteiger partial charge in [0, 0.05) is 31.2 Å². The number of benzene rings is 2. The Morgan fingerprint density at radius 1 is 1.16 bits per heavy atom. The van der Waals surface area contributed by atoms with Crippen molar-refractivity contribution in [3.05, 3.63) is 70.8 Å². The van der Waals surface area contributed by atoms with Crippen molar-refractivity contribution in [2.45, 2.75) is 39.0 Å². The van der Waals surface area contributed by atoms with Crippen LogP contribution in [0, 0.1) is 13.8 Å². The van der Waals surface area contributed by atoms with Gasteiger partial charge in [-0.25, -0.2) is 0 Å². The van der Waals surface area contributed by atoms with Crippen molar-refractivity contribution in [1.82, 2.24) is 10.2 Å². The van der Waals surface area contributed by atoms with Gasteiger partial charge in [0.15, 0.2) is 0 Å². The SMILES string of the molecule is Cc1ccc(C(=O)NCC2CC(O)CN2Cc2ccccc2)cc1C. The Morgan fingerprint density at radius 3 is 2.64 bits per heavy atom. The summed E-state index contributed by atoms with van der Waals surface area (Å²) in [6.45, 7) is 6.05. The highest BCUT2D eigenvalue weighted by Gasteiger charge is 2.31. The van der Waals surface area contributed by atoms with E-state index in [-0.39, 0.29) is 18.1 Å². The summed E-state index contributed by atoms with van der Waals surface area (Å²) in [5.41, 5.74) is 4.22. The van der Waals surface area contributed by atoms with E-state index in [1.165, 1.54) is 11.1 Å². The molecule has 1 aliphatic heterocycles. The van der Waals surface area contributed by atoms with Crippen LogP contribution in [0.5, 0.6) is 0 Å². The molecular formula is C21H26N2O2. The average molecular weight is 338 g/mol. The fraction of sp³-hybridized carbons (Fsp3) is 0.381. The van der Waals surface area contributed by atoms with Gasteiger partial charge in [0.2, 0.25) is 0 Å². The van der Waals surface area contributed by atoms with Crippen LogP contribution < -0.4 is 5.32 Å². The van der Waals surface area contributed by atoms with Crippen LogP contribution in [0.2, 0.25) is 0 Å². The summed E-state index contributed by atoms with van der Waals surface area (Å²) in [5.74, 6) is -0.0517. The van der Waals surface area contributed by atoms with Crippen LogP contribution >= 0.6 is 0 Å². The number of hydrogen-bond acceptors (Lipinski definition) is 3. The van der Waals surface area contributed by atoms with E-state index in [1.807, 2.05) is 50.2 Å². The predicted molar refractivity (Wildman–Crippen MR) is 99.5 cm³/mol. The first-order valence-corrected chi connectivity index (χ1v) is 8.84. The Bertz CT molecular complexity index is 730. The van der Waals surface area contributed by atoms with Crippen molar-refractivity contribution in [2.24, 2.45) is 0 Å². The number of carbonyl (C=O) groups excluding carboxylic acids is 1. The van der Waals surface area contributed by atoms with Crippen molar-refractivity contribution in [3.8, 4) is 0 Å². The van der Waals surface area contributed by atoms with Crippen LogP contribution in [0.3, 0.4) is 0 Å². The van der Waals surface area contributed by atoms with E-state index in [2.05, 4.69) is 22.3 Å². The molecule has 2 atom stereocenters. The lowest BCUT2D eigenvalue weighted by Gasteiger charge is -2.24. The van der Waals surface area contributed by atoms with E-state index >= 15 is 0 Å². The molecule has 25 heavy (non-hydrogen) atoms. The Morgan fingerprint density at radius 2 is 1.92 bits per heavy atom. The second kappa shape index (κ2) is 7.81. The molecule has 0 radical (unpaired) electrons. The molecule has 0 saturated carbocycles. The number of aryl methyl sites for hydroxylation is 2. The number of hydrogen-bond donors (Lipinski definition) is 2. The number of nitrogens with one attached hydrogen (secondary N) is 1. The van der Waals surface area contributed by atoms with E-state index < -0.39 is 0 Å². The number of nitrogens with zero attached hydrogens (tertiary/aromatic N) is 1. The van der Waals surface area contributed by atoms with Gasteiger partial charge in [-0.1, -0.05) is 36.4 Å². The average Bonchev–Trinajstić information content (AvgIpc) is 2.95. The van der Waals surface area contributed by atoms with Gasteiger partial charge in [0.1, 0.15) is 0 Å². The number of aliphatic hydroxyl groups excluding tert-OH is 1. The monoisotopic (exact) mass is 338 g/mol. The molecule has 1 amide bonds. The molecule has 0 aromatic heterocycles. The maximum atomic E-state index is 12.4. The first-order chi connectivity index (χ1) is 12.0. The quantitative estimate of drug-likeness (QED) is 0.881. The number of amides is 1. The highest BCUT2D eigenvalue weighted by Crippen LogP contribution is 2.20. The molecule has 1 fully saturated rings. The lowest BCUT2D eigenvalue weighted by atomic mass is 10.1. The van der Waals surface area contributed by atoms with Crippen molar-refractivity contribution in [3.63, 3.8) is 0 Å². The summed E-state index contributed by atoms with van der Waals surface area (Å²) >= 11 is 0. The third kappa shape index (κ3) is 4.47. The molecule has 1 aliphatic rings. The maximum Gasteiger partial charge on any atom is 0.251 e. The topological polar surface area (TPSA) is 52.6 Å². The molecule has 2 unspecified atom stereocenters. The summed E-state index contributed by atoms with van der Waals surface area (Å²) in [7, 11) is 0. The smallest absolute Gasteiger partial charge is 0.251 e. The van der Waals surface area contributed by atoms with Gasteiger partial charge in [0.25, 0.3) is 5.91 Å². The van der Waals surface area contributed by atoms with Gasteiger partial charge < -0.3 is 10.4 Å². The number of likely N-dealkylation sites (tertiary alicyclic amines) is 1. The van der Waals surface area contributed by atoms with Crippen LogP contribution in [0.25, 0.3) is 0 Å². The summed E-state index contributed by atoms with van der Waals surface area (Å²) in [6.07, 6.45) is 0.368. The number of carbonyl (C=O) groups is 1. The molecule has 0 bridgehead atoms. The molecule has 132 valence electrons. The Labute approximate surface area is 149 Å². The van der Waals surface area contributed by atoms with Crippen LogP contribution in [-0.4, -0.2) is 41.1 Å². The number of β-amino-alcohol motifs (C(OH)–C–C–N with tert-alkyl or cyclic N) is 1. The summed E-state index contributed by atoms with van der Waals surface area (Å²) < 4.78 is 0. The minimum absolute atomic E-state index is 0.0517.